The van der Waals surface area contributed by atoms with Crippen LogP contribution in [0.2, 0.25) is 10.0 Å². The molecule has 0 unspecified atom stereocenters. The number of benzene rings is 2. The number of nitrogens with one attached hydrogen (secondary N) is 1. The Kier molecular flexibility index (Phi) is 6.21. The predicted molar refractivity (Wildman–Crippen MR) is 108 cm³/mol. The summed E-state index contributed by atoms with van der Waals surface area (Å²) in [5.74, 6) is -0.395. The highest BCUT2D eigenvalue weighted by atomic mass is 35.5. The minimum Gasteiger partial charge on any atom is -0.494 e. The Labute approximate surface area is 169 Å². The largest absolute Gasteiger partial charge is 0.494 e. The Balaban J connectivity index is 1.60. The molecule has 8 heteroatoms. The number of carbonyl (C=O) groups excluding carboxylic acids is 2. The Bertz CT molecular complexity index is 985. The van der Waals surface area contributed by atoms with Gasteiger partial charge in [-0.05, 0) is 43.3 Å². The van der Waals surface area contributed by atoms with Gasteiger partial charge in [0.25, 0.3) is 5.91 Å². The van der Waals surface area contributed by atoms with E-state index in [1.165, 1.54) is 11.3 Å². The van der Waals surface area contributed by atoms with Gasteiger partial charge in [0, 0.05) is 20.8 Å². The number of amides is 1. The number of fused-ring (bicyclic) bond motifs is 1. The number of rotatable bonds is 6. The van der Waals surface area contributed by atoms with Crippen LogP contribution in [0.4, 0.5) is 5.69 Å². The zero-order valence-corrected chi connectivity index (χ0v) is 16.6. The van der Waals surface area contributed by atoms with Gasteiger partial charge in [0.2, 0.25) is 0 Å². The zero-order chi connectivity index (χ0) is 19.4. The first-order chi connectivity index (χ1) is 13.0. The van der Waals surface area contributed by atoms with Crippen molar-refractivity contribution in [2.24, 2.45) is 0 Å². The molecule has 1 amide bonds. The highest BCUT2D eigenvalue weighted by Gasteiger charge is 2.19. The predicted octanol–water partition coefficient (Wildman–Crippen LogP) is 5.40. The van der Waals surface area contributed by atoms with E-state index in [1.807, 2.05) is 6.92 Å². The fraction of sp³-hybridized carbons (Fsp3) is 0.158. The molecule has 1 N–H and O–H groups in total. The molecule has 0 fully saturated rings. The van der Waals surface area contributed by atoms with Gasteiger partial charge in [-0.15, -0.1) is 11.3 Å². The van der Waals surface area contributed by atoms with E-state index in [9.17, 15) is 9.59 Å². The van der Waals surface area contributed by atoms with E-state index in [0.29, 0.717) is 28.1 Å². The molecule has 0 aliphatic heterocycles. The third-order valence-electron chi connectivity index (χ3n) is 3.56. The lowest BCUT2D eigenvalue weighted by atomic mass is 10.2. The number of ether oxygens (including phenoxy) is 2. The maximum atomic E-state index is 12.3. The fourth-order valence-electron chi connectivity index (χ4n) is 2.37. The molecule has 0 spiro atoms. The van der Waals surface area contributed by atoms with Gasteiger partial charge < -0.3 is 14.8 Å². The smallest absolute Gasteiger partial charge is 0.350 e. The Morgan fingerprint density at radius 3 is 2.56 bits per heavy atom. The second kappa shape index (κ2) is 8.61. The van der Waals surface area contributed by atoms with Crippen molar-refractivity contribution in [3.05, 3.63) is 57.4 Å². The van der Waals surface area contributed by atoms with E-state index in [4.69, 9.17) is 32.7 Å². The van der Waals surface area contributed by atoms with Crippen molar-refractivity contribution >= 4 is 62.2 Å². The summed E-state index contributed by atoms with van der Waals surface area (Å²) in [4.78, 5) is 24.5. The minimum atomic E-state index is -0.654. The Morgan fingerprint density at radius 2 is 1.85 bits per heavy atom. The number of anilines is 1. The molecule has 5 nitrogen and oxygen atoms in total. The van der Waals surface area contributed by atoms with Crippen molar-refractivity contribution in [3.8, 4) is 5.75 Å². The van der Waals surface area contributed by atoms with E-state index >= 15 is 0 Å². The molecule has 0 aliphatic carbocycles. The summed E-state index contributed by atoms with van der Waals surface area (Å²) < 4.78 is 11.2. The summed E-state index contributed by atoms with van der Waals surface area (Å²) in [5, 5.41) is 4.21. The van der Waals surface area contributed by atoms with E-state index < -0.39 is 18.5 Å². The maximum absolute atomic E-state index is 12.3. The van der Waals surface area contributed by atoms with Crippen LogP contribution in [0.15, 0.2) is 42.5 Å². The van der Waals surface area contributed by atoms with Crippen molar-refractivity contribution in [2.75, 3.05) is 18.5 Å². The summed E-state index contributed by atoms with van der Waals surface area (Å²) in [7, 11) is 0. The van der Waals surface area contributed by atoms with Gasteiger partial charge in [-0.2, -0.15) is 0 Å². The second-order valence-corrected chi connectivity index (χ2v) is 7.33. The summed E-state index contributed by atoms with van der Waals surface area (Å²) in [6.45, 7) is 2.03. The van der Waals surface area contributed by atoms with E-state index in [1.54, 1.807) is 42.5 Å². The highest BCUT2D eigenvalue weighted by molar-refractivity contribution is 7.21. The molecular weight excluding hydrogens is 409 g/mol. The summed E-state index contributed by atoms with van der Waals surface area (Å²) in [6, 6.07) is 12.1. The summed E-state index contributed by atoms with van der Waals surface area (Å²) in [5.41, 5.74) is 0.578. The van der Waals surface area contributed by atoms with Crippen molar-refractivity contribution < 1.29 is 19.1 Å². The van der Waals surface area contributed by atoms with E-state index in [-0.39, 0.29) is 4.88 Å². The number of thiophene rings is 1. The number of halogens is 2. The fourth-order valence-corrected chi connectivity index (χ4v) is 4.04. The summed E-state index contributed by atoms with van der Waals surface area (Å²) in [6.07, 6.45) is 0. The van der Waals surface area contributed by atoms with Crippen molar-refractivity contribution in [3.63, 3.8) is 0 Å². The van der Waals surface area contributed by atoms with Gasteiger partial charge >= 0.3 is 5.97 Å². The van der Waals surface area contributed by atoms with Crippen molar-refractivity contribution in [1.29, 1.82) is 0 Å². The van der Waals surface area contributed by atoms with Crippen LogP contribution < -0.4 is 10.1 Å². The average Bonchev–Trinajstić information content (AvgIpc) is 2.97. The normalized spacial score (nSPS) is 10.6. The first-order valence-electron chi connectivity index (χ1n) is 8.05. The zero-order valence-electron chi connectivity index (χ0n) is 14.3. The van der Waals surface area contributed by atoms with Gasteiger partial charge in [0.05, 0.1) is 11.6 Å². The molecule has 0 saturated heterocycles. The lowest BCUT2D eigenvalue weighted by Gasteiger charge is -2.07. The van der Waals surface area contributed by atoms with Crippen LogP contribution in [-0.4, -0.2) is 25.1 Å². The lowest BCUT2D eigenvalue weighted by Crippen LogP contribution is -2.20. The average molecular weight is 424 g/mol. The van der Waals surface area contributed by atoms with Gasteiger partial charge in [0.15, 0.2) is 6.61 Å². The molecule has 140 valence electrons. The molecule has 0 radical (unpaired) electrons. The molecule has 0 aliphatic rings. The SMILES string of the molecule is CCOc1ccc(NC(=O)COC(=O)c2sc3cc(Cl)ccc3c2Cl)cc1. The number of esters is 1. The van der Waals surface area contributed by atoms with Crippen LogP contribution in [0.3, 0.4) is 0 Å². The van der Waals surface area contributed by atoms with Crippen LogP contribution in [0.5, 0.6) is 5.75 Å². The van der Waals surface area contributed by atoms with Crippen LogP contribution in [0.25, 0.3) is 10.1 Å². The standard InChI is InChI=1S/C19H15Cl2NO4S/c1-2-25-13-6-4-12(5-7-13)22-16(23)10-26-19(24)18-17(21)14-8-3-11(20)9-15(14)27-18/h3-9H,2,10H2,1H3,(H,22,23). The van der Waals surface area contributed by atoms with Gasteiger partial charge in [-0.1, -0.05) is 29.3 Å². The maximum Gasteiger partial charge on any atom is 0.350 e. The van der Waals surface area contributed by atoms with Gasteiger partial charge in [-0.25, -0.2) is 4.79 Å². The third-order valence-corrected chi connectivity index (χ3v) is 5.43. The third kappa shape index (κ3) is 4.71. The molecule has 0 saturated carbocycles. The molecular formula is C19H15Cl2NO4S. The van der Waals surface area contributed by atoms with Crippen LogP contribution in [0, 0.1) is 0 Å². The topological polar surface area (TPSA) is 64.6 Å². The van der Waals surface area contributed by atoms with Crippen LogP contribution in [0.1, 0.15) is 16.6 Å². The highest BCUT2D eigenvalue weighted by Crippen LogP contribution is 2.37. The van der Waals surface area contributed by atoms with E-state index in [0.717, 1.165) is 10.1 Å². The molecule has 3 rings (SSSR count). The first-order valence-corrected chi connectivity index (χ1v) is 9.62. The minimum absolute atomic E-state index is 0.239. The van der Waals surface area contributed by atoms with Gasteiger partial charge in [-0.3, -0.25) is 4.79 Å². The Hall–Kier alpha value is -2.28. The lowest BCUT2D eigenvalue weighted by molar-refractivity contribution is -0.119. The number of hydrogen-bond acceptors (Lipinski definition) is 5. The first kappa shape index (κ1) is 19.5. The quantitative estimate of drug-likeness (QED) is 0.538. The number of carbonyl (C=O) groups is 2. The molecule has 1 heterocycles. The van der Waals surface area contributed by atoms with Crippen molar-refractivity contribution in [2.45, 2.75) is 6.92 Å². The Morgan fingerprint density at radius 1 is 1.11 bits per heavy atom. The molecule has 27 heavy (non-hydrogen) atoms. The van der Waals surface area contributed by atoms with Crippen LogP contribution in [-0.2, 0) is 9.53 Å². The van der Waals surface area contributed by atoms with Crippen molar-refractivity contribution in [1.82, 2.24) is 0 Å². The molecule has 0 atom stereocenters. The monoisotopic (exact) mass is 423 g/mol. The molecule has 1 aromatic heterocycles. The molecule has 0 bridgehead atoms. The molecule has 3 aromatic rings. The number of hydrogen-bond donors (Lipinski definition) is 1. The molecule has 2 aromatic carbocycles. The van der Waals surface area contributed by atoms with E-state index in [2.05, 4.69) is 5.32 Å². The van der Waals surface area contributed by atoms with Gasteiger partial charge in [0.1, 0.15) is 10.6 Å². The van der Waals surface area contributed by atoms with Crippen LogP contribution >= 0.6 is 34.5 Å². The second-order valence-electron chi connectivity index (χ2n) is 5.47. The summed E-state index contributed by atoms with van der Waals surface area (Å²) >= 11 is 13.4.